The van der Waals surface area contributed by atoms with Crippen molar-refractivity contribution < 1.29 is 6.48 Å². The SMILES string of the molecule is [2H]C(C)/C=C(\c1ccccc1)c1ccccc1O. The molecule has 0 saturated heterocycles. The van der Waals surface area contributed by atoms with Crippen molar-refractivity contribution in [3.05, 3.63) is 71.8 Å². The highest BCUT2D eigenvalue weighted by atomic mass is 16.3. The summed E-state index contributed by atoms with van der Waals surface area (Å²) >= 11 is 0. The van der Waals surface area contributed by atoms with Crippen LogP contribution in [0.25, 0.3) is 5.57 Å². The maximum atomic E-state index is 9.95. The molecule has 0 heterocycles. The van der Waals surface area contributed by atoms with Crippen molar-refractivity contribution in [1.82, 2.24) is 0 Å². The molecule has 0 fully saturated rings. The van der Waals surface area contributed by atoms with Crippen molar-refractivity contribution >= 4 is 5.57 Å². The molecule has 0 spiro atoms. The molecule has 2 aromatic rings. The second kappa shape index (κ2) is 5.35. The highest BCUT2D eigenvalue weighted by Crippen LogP contribution is 2.30. The third-order valence-corrected chi connectivity index (χ3v) is 2.61. The predicted octanol–water partition coefficient (Wildman–Crippen LogP) is 4.23. The van der Waals surface area contributed by atoms with Crippen LogP contribution in [0.5, 0.6) is 5.75 Å². The minimum absolute atomic E-state index is 0.244. The Hall–Kier alpha value is -2.02. The maximum Gasteiger partial charge on any atom is 0.123 e. The lowest BCUT2D eigenvalue weighted by molar-refractivity contribution is 0.473. The van der Waals surface area contributed by atoms with Crippen molar-refractivity contribution in [2.75, 3.05) is 0 Å². The monoisotopic (exact) mass is 225 g/mol. The average molecular weight is 225 g/mol. The van der Waals surface area contributed by atoms with Gasteiger partial charge in [-0.1, -0.05) is 61.5 Å². The molecule has 1 atom stereocenters. The van der Waals surface area contributed by atoms with E-state index >= 15 is 0 Å². The van der Waals surface area contributed by atoms with Gasteiger partial charge in [-0.15, -0.1) is 0 Å². The van der Waals surface area contributed by atoms with E-state index in [0.29, 0.717) is 0 Å². The topological polar surface area (TPSA) is 20.2 Å². The fourth-order valence-corrected chi connectivity index (χ4v) is 1.83. The zero-order chi connectivity index (χ0) is 13.0. The van der Waals surface area contributed by atoms with Crippen LogP contribution in [0.15, 0.2) is 60.7 Å². The van der Waals surface area contributed by atoms with Crippen LogP contribution < -0.4 is 0 Å². The summed E-state index contributed by atoms with van der Waals surface area (Å²) in [6.07, 6.45) is 1.53. The molecule has 1 nitrogen and oxygen atoms in total. The molecule has 1 N–H and O–H groups in total. The minimum atomic E-state index is -0.320. The molecular weight excluding hydrogens is 208 g/mol. The molecule has 0 amide bonds. The third-order valence-electron chi connectivity index (χ3n) is 2.61. The van der Waals surface area contributed by atoms with Gasteiger partial charge in [-0.25, -0.2) is 0 Å². The van der Waals surface area contributed by atoms with E-state index in [4.69, 9.17) is 1.37 Å². The lowest BCUT2D eigenvalue weighted by Gasteiger charge is -2.10. The Labute approximate surface area is 103 Å². The van der Waals surface area contributed by atoms with Gasteiger partial charge in [0.25, 0.3) is 0 Å². The molecule has 1 heteroatoms. The van der Waals surface area contributed by atoms with Gasteiger partial charge >= 0.3 is 0 Å². The Bertz CT molecular complexity index is 544. The van der Waals surface area contributed by atoms with Gasteiger partial charge in [0.1, 0.15) is 5.75 Å². The second-order valence-electron chi connectivity index (χ2n) is 3.80. The highest BCUT2D eigenvalue weighted by molar-refractivity contribution is 5.82. The van der Waals surface area contributed by atoms with E-state index in [1.807, 2.05) is 55.5 Å². The third kappa shape index (κ3) is 2.56. The largest absolute Gasteiger partial charge is 0.507 e. The quantitative estimate of drug-likeness (QED) is 0.828. The van der Waals surface area contributed by atoms with E-state index in [9.17, 15) is 5.11 Å². The summed E-state index contributed by atoms with van der Waals surface area (Å²) in [4.78, 5) is 0. The number of phenolic OH excluding ortho intramolecular Hbond substituents is 1. The van der Waals surface area contributed by atoms with Gasteiger partial charge in [-0.3, -0.25) is 0 Å². The van der Waals surface area contributed by atoms with Crippen LogP contribution in [-0.4, -0.2) is 5.11 Å². The molecule has 0 bridgehead atoms. The Kier molecular flexibility index (Phi) is 3.20. The first-order valence-corrected chi connectivity index (χ1v) is 5.66. The number of benzene rings is 2. The molecule has 2 rings (SSSR count). The fourth-order valence-electron chi connectivity index (χ4n) is 1.83. The molecule has 0 aliphatic carbocycles. The average Bonchev–Trinajstić information content (AvgIpc) is 2.38. The number of para-hydroxylation sites is 1. The van der Waals surface area contributed by atoms with Crippen LogP contribution in [0, 0.1) is 0 Å². The first-order valence-electron chi connectivity index (χ1n) is 6.24. The van der Waals surface area contributed by atoms with E-state index in [0.717, 1.165) is 16.7 Å². The Morgan fingerprint density at radius 2 is 1.76 bits per heavy atom. The van der Waals surface area contributed by atoms with Crippen LogP contribution in [-0.2, 0) is 0 Å². The van der Waals surface area contributed by atoms with E-state index < -0.39 is 0 Å². The van der Waals surface area contributed by atoms with Crippen LogP contribution >= 0.6 is 0 Å². The summed E-state index contributed by atoms with van der Waals surface area (Å²) in [6.45, 7) is 1.81. The molecular formula is C16H16O. The second-order valence-corrected chi connectivity index (χ2v) is 3.80. The molecule has 86 valence electrons. The van der Waals surface area contributed by atoms with Crippen molar-refractivity contribution in [1.29, 1.82) is 0 Å². The highest BCUT2D eigenvalue weighted by Gasteiger charge is 2.07. The van der Waals surface area contributed by atoms with Crippen molar-refractivity contribution in [3.63, 3.8) is 0 Å². The molecule has 0 aliphatic heterocycles. The van der Waals surface area contributed by atoms with Gasteiger partial charge in [0.05, 0.1) is 0 Å². The van der Waals surface area contributed by atoms with Crippen LogP contribution in [0.4, 0.5) is 0 Å². The summed E-state index contributed by atoms with van der Waals surface area (Å²) in [5, 5.41) is 9.95. The van der Waals surface area contributed by atoms with Crippen molar-refractivity contribution in [3.8, 4) is 5.75 Å². The predicted molar refractivity (Wildman–Crippen MR) is 71.9 cm³/mol. The number of rotatable bonds is 3. The molecule has 0 aromatic heterocycles. The maximum absolute atomic E-state index is 9.95. The van der Waals surface area contributed by atoms with Gasteiger partial charge in [-0.2, -0.15) is 0 Å². The zero-order valence-corrected chi connectivity index (χ0v) is 9.80. The van der Waals surface area contributed by atoms with Crippen molar-refractivity contribution in [2.45, 2.75) is 13.3 Å². The van der Waals surface area contributed by atoms with Crippen LogP contribution in [0.1, 0.15) is 25.8 Å². The van der Waals surface area contributed by atoms with Gasteiger partial charge in [-0.05, 0) is 23.6 Å². The molecule has 2 aromatic carbocycles. The lowest BCUT2D eigenvalue weighted by atomic mass is 9.96. The smallest absolute Gasteiger partial charge is 0.123 e. The van der Waals surface area contributed by atoms with Crippen molar-refractivity contribution in [2.24, 2.45) is 0 Å². The Balaban J connectivity index is 2.55. The summed E-state index contributed by atoms with van der Waals surface area (Å²) < 4.78 is 7.72. The lowest BCUT2D eigenvalue weighted by Crippen LogP contribution is -1.88. The van der Waals surface area contributed by atoms with Gasteiger partial charge in [0, 0.05) is 6.93 Å². The van der Waals surface area contributed by atoms with Gasteiger partial charge in [0.2, 0.25) is 0 Å². The molecule has 17 heavy (non-hydrogen) atoms. The Morgan fingerprint density at radius 1 is 1.12 bits per heavy atom. The van der Waals surface area contributed by atoms with Crippen LogP contribution in [0.2, 0.25) is 0 Å². The standard InChI is InChI=1S/C16H16O/c1-2-8-14(13-9-4-3-5-10-13)15-11-6-7-12-16(15)17/h3-12,17H,2H2,1H3/b14-8+/i2D. The Morgan fingerprint density at radius 3 is 2.41 bits per heavy atom. The number of hydrogen-bond donors (Lipinski definition) is 1. The van der Waals surface area contributed by atoms with Gasteiger partial charge in [0.15, 0.2) is 0 Å². The van der Waals surface area contributed by atoms with Gasteiger partial charge < -0.3 is 5.11 Å². The molecule has 1 unspecified atom stereocenters. The van der Waals surface area contributed by atoms with E-state index in [1.54, 1.807) is 12.1 Å². The summed E-state index contributed by atoms with van der Waals surface area (Å²) in [5.74, 6) is 0.244. The van der Waals surface area contributed by atoms with Crippen LogP contribution in [0.3, 0.4) is 0 Å². The zero-order valence-electron chi connectivity index (χ0n) is 10.8. The molecule has 0 aliphatic rings. The number of phenols is 1. The van der Waals surface area contributed by atoms with E-state index in [-0.39, 0.29) is 12.1 Å². The molecule has 0 radical (unpaired) electrons. The fraction of sp³-hybridized carbons (Fsp3) is 0.125. The summed E-state index contributed by atoms with van der Waals surface area (Å²) in [5.41, 5.74) is 2.68. The summed E-state index contributed by atoms with van der Waals surface area (Å²) in [6, 6.07) is 17.1. The first kappa shape index (κ1) is 10.2. The minimum Gasteiger partial charge on any atom is -0.507 e. The molecule has 0 saturated carbocycles. The van der Waals surface area contributed by atoms with E-state index in [2.05, 4.69) is 0 Å². The number of allylic oxidation sites excluding steroid dienone is 1. The summed E-state index contributed by atoms with van der Waals surface area (Å²) in [7, 11) is 0. The first-order chi connectivity index (χ1) is 8.68. The number of hydrogen-bond acceptors (Lipinski definition) is 1. The number of aromatic hydroxyl groups is 1. The normalized spacial score (nSPS) is 14.2. The van der Waals surface area contributed by atoms with E-state index in [1.165, 1.54) is 0 Å².